The molecule has 0 fully saturated rings. The zero-order valence-electron chi connectivity index (χ0n) is 11.3. The molecule has 0 amide bonds. The molecule has 1 aromatic heterocycles. The van der Waals surface area contributed by atoms with Crippen LogP contribution in [-0.2, 0) is 11.3 Å². The molecule has 102 valence electrons. The van der Waals surface area contributed by atoms with Gasteiger partial charge in [-0.15, -0.1) is 11.3 Å². The first kappa shape index (κ1) is 14.3. The van der Waals surface area contributed by atoms with Crippen LogP contribution < -0.4 is 5.32 Å². The second-order valence-corrected chi connectivity index (χ2v) is 5.57. The van der Waals surface area contributed by atoms with Gasteiger partial charge in [-0.05, 0) is 36.9 Å². The Morgan fingerprint density at radius 1 is 1.16 bits per heavy atom. The summed E-state index contributed by atoms with van der Waals surface area (Å²) in [6, 6.07) is 14.6. The molecular weight excluding hydrogens is 254 g/mol. The summed E-state index contributed by atoms with van der Waals surface area (Å²) in [4.78, 5) is 1.39. The average Bonchev–Trinajstić information content (AvgIpc) is 2.96. The number of benzene rings is 1. The minimum absolute atomic E-state index is 0.179. The van der Waals surface area contributed by atoms with Crippen molar-refractivity contribution in [3.8, 4) is 0 Å². The lowest BCUT2D eigenvalue weighted by Crippen LogP contribution is -2.16. The first-order valence-corrected chi connectivity index (χ1v) is 7.64. The van der Waals surface area contributed by atoms with Crippen LogP contribution in [0.25, 0.3) is 0 Å². The van der Waals surface area contributed by atoms with Crippen LogP contribution in [0, 0.1) is 0 Å². The van der Waals surface area contributed by atoms with E-state index >= 15 is 0 Å². The van der Waals surface area contributed by atoms with E-state index in [-0.39, 0.29) is 6.10 Å². The summed E-state index contributed by atoms with van der Waals surface area (Å²) in [5, 5.41) is 5.54. The third-order valence-corrected chi connectivity index (χ3v) is 3.89. The SMILES string of the molecule is CC(OCCCNCc1cccs1)c1ccccc1. The van der Waals surface area contributed by atoms with E-state index in [0.717, 1.165) is 26.1 Å². The van der Waals surface area contributed by atoms with Gasteiger partial charge in [-0.1, -0.05) is 36.4 Å². The van der Waals surface area contributed by atoms with Gasteiger partial charge in [0.1, 0.15) is 0 Å². The summed E-state index contributed by atoms with van der Waals surface area (Å²) in [6.45, 7) is 4.87. The number of hydrogen-bond acceptors (Lipinski definition) is 3. The number of thiophene rings is 1. The highest BCUT2D eigenvalue weighted by molar-refractivity contribution is 7.09. The molecule has 0 saturated carbocycles. The molecule has 2 nitrogen and oxygen atoms in total. The number of hydrogen-bond donors (Lipinski definition) is 1. The van der Waals surface area contributed by atoms with Crippen molar-refractivity contribution in [3.05, 3.63) is 58.3 Å². The molecule has 0 spiro atoms. The quantitative estimate of drug-likeness (QED) is 0.735. The lowest BCUT2D eigenvalue weighted by molar-refractivity contribution is 0.0641. The second kappa shape index (κ2) is 8.10. The molecule has 0 aliphatic rings. The summed E-state index contributed by atoms with van der Waals surface area (Å²) in [7, 11) is 0. The first-order valence-electron chi connectivity index (χ1n) is 6.76. The Morgan fingerprint density at radius 3 is 2.74 bits per heavy atom. The van der Waals surface area contributed by atoms with Crippen molar-refractivity contribution >= 4 is 11.3 Å². The van der Waals surface area contributed by atoms with Gasteiger partial charge >= 0.3 is 0 Å². The Hall–Kier alpha value is -1.16. The van der Waals surface area contributed by atoms with Crippen LogP contribution in [0.4, 0.5) is 0 Å². The van der Waals surface area contributed by atoms with Crippen LogP contribution in [0.3, 0.4) is 0 Å². The van der Waals surface area contributed by atoms with Crippen LogP contribution in [0.2, 0.25) is 0 Å². The number of nitrogens with one attached hydrogen (secondary N) is 1. The fourth-order valence-corrected chi connectivity index (χ4v) is 2.58. The predicted molar refractivity (Wildman–Crippen MR) is 81.5 cm³/mol. The molecule has 3 heteroatoms. The fourth-order valence-electron chi connectivity index (χ4n) is 1.90. The molecule has 1 heterocycles. The summed E-state index contributed by atoms with van der Waals surface area (Å²) in [6.07, 6.45) is 1.22. The molecule has 0 aliphatic heterocycles. The van der Waals surface area contributed by atoms with E-state index in [0.29, 0.717) is 0 Å². The van der Waals surface area contributed by atoms with Crippen molar-refractivity contribution in [1.29, 1.82) is 0 Å². The molecular formula is C16H21NOS. The maximum absolute atomic E-state index is 5.83. The zero-order chi connectivity index (χ0) is 13.3. The van der Waals surface area contributed by atoms with Gasteiger partial charge < -0.3 is 10.1 Å². The number of ether oxygens (including phenoxy) is 1. The topological polar surface area (TPSA) is 21.3 Å². The monoisotopic (exact) mass is 275 g/mol. The first-order chi connectivity index (χ1) is 9.36. The van der Waals surface area contributed by atoms with Crippen molar-refractivity contribution in [2.75, 3.05) is 13.2 Å². The number of rotatable bonds is 8. The van der Waals surface area contributed by atoms with Gasteiger partial charge in [-0.2, -0.15) is 0 Å². The molecule has 0 aliphatic carbocycles. The van der Waals surface area contributed by atoms with Gasteiger partial charge in [0.05, 0.1) is 6.10 Å². The normalized spacial score (nSPS) is 12.5. The highest BCUT2D eigenvalue weighted by Crippen LogP contribution is 2.15. The molecule has 1 aromatic carbocycles. The van der Waals surface area contributed by atoms with Crippen molar-refractivity contribution in [2.45, 2.75) is 26.0 Å². The predicted octanol–water partition coefficient (Wildman–Crippen LogP) is 4.01. The molecule has 1 atom stereocenters. The molecule has 0 bridgehead atoms. The Labute approximate surface area is 119 Å². The van der Waals surface area contributed by atoms with E-state index < -0.39 is 0 Å². The van der Waals surface area contributed by atoms with Crippen molar-refractivity contribution in [1.82, 2.24) is 5.32 Å². The van der Waals surface area contributed by atoms with Gasteiger partial charge in [0.15, 0.2) is 0 Å². The lowest BCUT2D eigenvalue weighted by Gasteiger charge is -2.13. The molecule has 1 N–H and O–H groups in total. The van der Waals surface area contributed by atoms with Crippen molar-refractivity contribution in [3.63, 3.8) is 0 Å². The smallest absolute Gasteiger partial charge is 0.0796 e. The maximum Gasteiger partial charge on any atom is 0.0796 e. The summed E-state index contributed by atoms with van der Waals surface area (Å²) < 4.78 is 5.83. The Bertz CT molecular complexity index is 441. The standard InChI is InChI=1S/C16H21NOS/c1-14(15-7-3-2-4-8-15)18-11-6-10-17-13-16-9-5-12-19-16/h2-5,7-9,12,14,17H,6,10-11,13H2,1H3. The highest BCUT2D eigenvalue weighted by atomic mass is 32.1. The van der Waals surface area contributed by atoms with Gasteiger partial charge in [0.2, 0.25) is 0 Å². The third-order valence-electron chi connectivity index (χ3n) is 3.01. The van der Waals surface area contributed by atoms with Crippen LogP contribution in [-0.4, -0.2) is 13.2 Å². The molecule has 19 heavy (non-hydrogen) atoms. The Morgan fingerprint density at radius 2 is 2.00 bits per heavy atom. The van der Waals surface area contributed by atoms with Crippen molar-refractivity contribution < 1.29 is 4.74 Å². The van der Waals surface area contributed by atoms with Crippen LogP contribution in [0.5, 0.6) is 0 Å². The molecule has 0 saturated heterocycles. The second-order valence-electron chi connectivity index (χ2n) is 4.53. The summed E-state index contributed by atoms with van der Waals surface area (Å²) >= 11 is 1.80. The Kier molecular flexibility index (Phi) is 6.08. The van der Waals surface area contributed by atoms with Gasteiger partial charge in [-0.3, -0.25) is 0 Å². The molecule has 2 aromatic rings. The average molecular weight is 275 g/mol. The van der Waals surface area contributed by atoms with Gasteiger partial charge in [-0.25, -0.2) is 0 Å². The molecule has 2 rings (SSSR count). The third kappa shape index (κ3) is 5.15. The van der Waals surface area contributed by atoms with E-state index in [1.165, 1.54) is 10.4 Å². The molecule has 0 radical (unpaired) electrons. The van der Waals surface area contributed by atoms with Crippen LogP contribution in [0.1, 0.15) is 29.9 Å². The van der Waals surface area contributed by atoms with Crippen LogP contribution in [0.15, 0.2) is 47.8 Å². The summed E-state index contributed by atoms with van der Waals surface area (Å²) in [5.74, 6) is 0. The lowest BCUT2D eigenvalue weighted by atomic mass is 10.1. The van der Waals surface area contributed by atoms with E-state index in [2.05, 4.69) is 54.0 Å². The maximum atomic E-state index is 5.83. The summed E-state index contributed by atoms with van der Waals surface area (Å²) in [5.41, 5.74) is 1.24. The minimum atomic E-state index is 0.179. The van der Waals surface area contributed by atoms with E-state index in [9.17, 15) is 0 Å². The zero-order valence-corrected chi connectivity index (χ0v) is 12.2. The van der Waals surface area contributed by atoms with Gasteiger partial charge in [0.25, 0.3) is 0 Å². The molecule has 1 unspecified atom stereocenters. The van der Waals surface area contributed by atoms with E-state index in [1.807, 2.05) is 6.07 Å². The largest absolute Gasteiger partial charge is 0.374 e. The van der Waals surface area contributed by atoms with E-state index in [1.54, 1.807) is 11.3 Å². The minimum Gasteiger partial charge on any atom is -0.374 e. The van der Waals surface area contributed by atoms with E-state index in [4.69, 9.17) is 4.74 Å². The Balaban J connectivity index is 1.54. The fraction of sp³-hybridized carbons (Fsp3) is 0.375. The van der Waals surface area contributed by atoms with Crippen LogP contribution >= 0.6 is 11.3 Å². The highest BCUT2D eigenvalue weighted by Gasteiger charge is 2.03. The van der Waals surface area contributed by atoms with Crippen molar-refractivity contribution in [2.24, 2.45) is 0 Å². The van der Waals surface area contributed by atoms with Gasteiger partial charge in [0, 0.05) is 18.0 Å².